The van der Waals surface area contributed by atoms with E-state index < -0.39 is 5.97 Å². The Hall–Kier alpha value is -0.870. The van der Waals surface area contributed by atoms with Gasteiger partial charge in [-0.15, -0.1) is 0 Å². The maximum Gasteiger partial charge on any atom is 0.303 e. The fourth-order valence-electron chi connectivity index (χ4n) is 3.33. The Bertz CT molecular complexity index is 327. The van der Waals surface area contributed by atoms with E-state index in [0.717, 1.165) is 38.5 Å². The Labute approximate surface area is 128 Å². The van der Waals surface area contributed by atoms with Crippen LogP contribution in [-0.4, -0.2) is 35.5 Å². The van der Waals surface area contributed by atoms with Gasteiger partial charge in [-0.2, -0.15) is 0 Å². The zero-order valence-electron chi connectivity index (χ0n) is 13.3. The summed E-state index contributed by atoms with van der Waals surface area (Å²) in [6.07, 6.45) is 10.8. The van der Waals surface area contributed by atoms with Crippen molar-refractivity contribution in [2.24, 2.45) is 11.8 Å². The molecule has 4 nitrogen and oxygen atoms in total. The normalized spacial score (nSPS) is 29.3. The van der Waals surface area contributed by atoms with Gasteiger partial charge in [0, 0.05) is 20.0 Å². The largest absolute Gasteiger partial charge is 0.481 e. The number of allylic oxidation sites excluding steroid dienone is 2. The van der Waals surface area contributed by atoms with Crippen molar-refractivity contribution >= 4 is 5.97 Å². The van der Waals surface area contributed by atoms with Gasteiger partial charge in [-0.1, -0.05) is 31.9 Å². The van der Waals surface area contributed by atoms with E-state index in [9.17, 15) is 9.90 Å². The van der Waals surface area contributed by atoms with Crippen LogP contribution in [0.25, 0.3) is 0 Å². The molecular weight excluding hydrogens is 268 g/mol. The zero-order chi connectivity index (χ0) is 15.7. The van der Waals surface area contributed by atoms with E-state index in [0.29, 0.717) is 18.3 Å². The Morgan fingerprint density at radius 1 is 1.29 bits per heavy atom. The zero-order valence-corrected chi connectivity index (χ0v) is 13.3. The minimum atomic E-state index is -0.735. The summed E-state index contributed by atoms with van der Waals surface area (Å²) >= 11 is 0. The summed E-state index contributed by atoms with van der Waals surface area (Å²) in [6.45, 7) is 2.17. The quantitative estimate of drug-likeness (QED) is 0.479. The second kappa shape index (κ2) is 9.96. The monoisotopic (exact) mass is 298 g/mol. The summed E-state index contributed by atoms with van der Waals surface area (Å²) in [5, 5.41) is 18.8. The number of methoxy groups -OCH3 is 1. The van der Waals surface area contributed by atoms with Crippen molar-refractivity contribution in [3.63, 3.8) is 0 Å². The van der Waals surface area contributed by atoms with Gasteiger partial charge < -0.3 is 14.9 Å². The highest BCUT2D eigenvalue weighted by atomic mass is 16.5. The Morgan fingerprint density at radius 2 is 2.05 bits per heavy atom. The summed E-state index contributed by atoms with van der Waals surface area (Å²) in [7, 11) is 1.73. The highest BCUT2D eigenvalue weighted by molar-refractivity contribution is 5.66. The van der Waals surface area contributed by atoms with Gasteiger partial charge in [0.1, 0.15) is 0 Å². The van der Waals surface area contributed by atoms with Crippen LogP contribution in [0.2, 0.25) is 0 Å². The smallest absolute Gasteiger partial charge is 0.303 e. The second-order valence-electron chi connectivity index (χ2n) is 6.04. The maximum absolute atomic E-state index is 10.4. The molecule has 2 N–H and O–H groups in total. The molecule has 4 atom stereocenters. The minimum Gasteiger partial charge on any atom is -0.481 e. The highest BCUT2D eigenvalue weighted by Crippen LogP contribution is 2.39. The third-order valence-electron chi connectivity index (χ3n) is 4.53. The molecule has 0 aromatic heterocycles. The first-order valence-electron chi connectivity index (χ1n) is 8.17. The first-order chi connectivity index (χ1) is 10.1. The fourth-order valence-corrected chi connectivity index (χ4v) is 3.33. The van der Waals surface area contributed by atoms with Crippen molar-refractivity contribution in [3.05, 3.63) is 12.2 Å². The number of ether oxygens (including phenoxy) is 1. The minimum absolute atomic E-state index is 0.144. The van der Waals surface area contributed by atoms with E-state index in [1.54, 1.807) is 7.11 Å². The predicted molar refractivity (Wildman–Crippen MR) is 83.2 cm³/mol. The van der Waals surface area contributed by atoms with E-state index in [2.05, 4.69) is 19.1 Å². The summed E-state index contributed by atoms with van der Waals surface area (Å²) < 4.78 is 5.54. The second-order valence-corrected chi connectivity index (χ2v) is 6.04. The van der Waals surface area contributed by atoms with Crippen LogP contribution in [0.1, 0.15) is 58.3 Å². The molecule has 0 spiro atoms. The van der Waals surface area contributed by atoms with Gasteiger partial charge in [0.05, 0.1) is 12.2 Å². The topological polar surface area (TPSA) is 66.8 Å². The van der Waals surface area contributed by atoms with E-state index >= 15 is 0 Å². The van der Waals surface area contributed by atoms with Crippen molar-refractivity contribution in [3.8, 4) is 0 Å². The molecule has 1 saturated carbocycles. The molecule has 0 aromatic rings. The fraction of sp³-hybridized carbons (Fsp3) is 0.824. The summed E-state index contributed by atoms with van der Waals surface area (Å²) in [4.78, 5) is 10.4. The number of rotatable bonds is 10. The first-order valence-corrected chi connectivity index (χ1v) is 8.17. The van der Waals surface area contributed by atoms with Crippen molar-refractivity contribution in [1.82, 2.24) is 0 Å². The molecule has 0 heterocycles. The van der Waals surface area contributed by atoms with Gasteiger partial charge >= 0.3 is 5.97 Å². The Kier molecular flexibility index (Phi) is 8.62. The van der Waals surface area contributed by atoms with Crippen LogP contribution in [-0.2, 0) is 9.53 Å². The van der Waals surface area contributed by atoms with Crippen LogP contribution < -0.4 is 0 Å². The number of aliphatic hydroxyl groups is 1. The summed E-state index contributed by atoms with van der Waals surface area (Å²) in [6, 6.07) is 0. The van der Waals surface area contributed by atoms with Crippen LogP contribution >= 0.6 is 0 Å². The van der Waals surface area contributed by atoms with Gasteiger partial charge in [0.2, 0.25) is 0 Å². The number of aliphatic hydroxyl groups excluding tert-OH is 1. The molecule has 21 heavy (non-hydrogen) atoms. The van der Waals surface area contributed by atoms with Crippen LogP contribution in [0.3, 0.4) is 0 Å². The lowest BCUT2D eigenvalue weighted by molar-refractivity contribution is -0.137. The number of hydrogen-bond acceptors (Lipinski definition) is 3. The van der Waals surface area contributed by atoms with Crippen molar-refractivity contribution < 1.29 is 19.7 Å². The van der Waals surface area contributed by atoms with Crippen molar-refractivity contribution in [1.29, 1.82) is 0 Å². The standard InChI is InChI=1S/C17H30O4/c1-3-4-9-13-14(16(21-2)12-15(13)18)10-7-5-6-8-11-17(19)20/h5,7,13-16,18H,3-4,6,8-12H2,1-2H3,(H,19,20). The molecule has 0 bridgehead atoms. The SMILES string of the molecule is CCCCC1C(O)CC(OC)C1CC=CCCCC(=O)O. The molecule has 0 amide bonds. The lowest BCUT2D eigenvalue weighted by Gasteiger charge is -2.23. The molecular formula is C17H30O4. The highest BCUT2D eigenvalue weighted by Gasteiger charge is 2.41. The molecule has 0 aliphatic heterocycles. The average Bonchev–Trinajstić information content (AvgIpc) is 2.75. The third kappa shape index (κ3) is 6.18. The third-order valence-corrected chi connectivity index (χ3v) is 4.53. The molecule has 0 saturated heterocycles. The van der Waals surface area contributed by atoms with Gasteiger partial charge in [0.25, 0.3) is 0 Å². The van der Waals surface area contributed by atoms with Gasteiger partial charge in [-0.25, -0.2) is 0 Å². The number of carbonyl (C=O) groups is 1. The van der Waals surface area contributed by atoms with Crippen LogP contribution in [0.5, 0.6) is 0 Å². The molecule has 0 aromatic carbocycles. The molecule has 4 unspecified atom stereocenters. The number of carboxylic acid groups (broad SMARTS) is 1. The van der Waals surface area contributed by atoms with E-state index in [4.69, 9.17) is 9.84 Å². The molecule has 1 fully saturated rings. The average molecular weight is 298 g/mol. The maximum atomic E-state index is 10.4. The number of carboxylic acids is 1. The number of unbranched alkanes of at least 4 members (excludes halogenated alkanes) is 2. The van der Waals surface area contributed by atoms with E-state index in [1.165, 1.54) is 0 Å². The van der Waals surface area contributed by atoms with Crippen LogP contribution in [0, 0.1) is 11.8 Å². The van der Waals surface area contributed by atoms with Crippen molar-refractivity contribution in [2.45, 2.75) is 70.5 Å². The molecule has 1 rings (SSSR count). The number of hydrogen-bond donors (Lipinski definition) is 2. The molecule has 1 aliphatic carbocycles. The van der Waals surface area contributed by atoms with E-state index in [-0.39, 0.29) is 18.6 Å². The lowest BCUT2D eigenvalue weighted by Crippen LogP contribution is -2.22. The van der Waals surface area contributed by atoms with E-state index in [1.807, 2.05) is 0 Å². The first kappa shape index (κ1) is 18.2. The van der Waals surface area contributed by atoms with Gasteiger partial charge in [-0.05, 0) is 37.5 Å². The van der Waals surface area contributed by atoms with Gasteiger partial charge in [0.15, 0.2) is 0 Å². The Balaban J connectivity index is 2.43. The molecule has 122 valence electrons. The van der Waals surface area contributed by atoms with Crippen molar-refractivity contribution in [2.75, 3.05) is 7.11 Å². The molecule has 1 aliphatic rings. The molecule has 0 radical (unpaired) electrons. The van der Waals surface area contributed by atoms with Crippen LogP contribution in [0.15, 0.2) is 12.2 Å². The summed E-state index contributed by atoms with van der Waals surface area (Å²) in [5.41, 5.74) is 0. The lowest BCUT2D eigenvalue weighted by atomic mass is 9.86. The number of aliphatic carboxylic acids is 1. The predicted octanol–water partition coefficient (Wildman–Crippen LogP) is 3.39. The Morgan fingerprint density at radius 3 is 2.67 bits per heavy atom. The van der Waals surface area contributed by atoms with Gasteiger partial charge in [-0.3, -0.25) is 4.79 Å². The molecule has 4 heteroatoms. The summed E-state index contributed by atoms with van der Waals surface area (Å²) in [5.74, 6) is -0.0211. The van der Waals surface area contributed by atoms with Crippen LogP contribution in [0.4, 0.5) is 0 Å².